The molecule has 1 fully saturated rings. The zero-order valence-corrected chi connectivity index (χ0v) is 8.77. The van der Waals surface area contributed by atoms with Gasteiger partial charge in [-0.15, -0.1) is 0 Å². The van der Waals surface area contributed by atoms with E-state index in [4.69, 9.17) is 0 Å². The monoisotopic (exact) mass is 169 g/mol. The molecule has 72 valence electrons. The highest BCUT2D eigenvalue weighted by atomic mass is 14.9. The van der Waals surface area contributed by atoms with Crippen LogP contribution in [0.5, 0.6) is 0 Å². The van der Waals surface area contributed by atoms with Crippen molar-refractivity contribution in [2.45, 2.75) is 52.5 Å². The summed E-state index contributed by atoms with van der Waals surface area (Å²) in [5.41, 5.74) is 0. The minimum absolute atomic E-state index is 0.823. The van der Waals surface area contributed by atoms with E-state index in [1.54, 1.807) is 0 Å². The van der Waals surface area contributed by atoms with E-state index >= 15 is 0 Å². The molecule has 2 unspecified atom stereocenters. The van der Waals surface area contributed by atoms with Gasteiger partial charge in [0, 0.05) is 6.04 Å². The third-order valence-electron chi connectivity index (χ3n) is 2.98. The molecule has 1 heteroatoms. The van der Waals surface area contributed by atoms with Crippen molar-refractivity contribution in [1.29, 1.82) is 0 Å². The Kier molecular flexibility index (Phi) is 4.07. The first kappa shape index (κ1) is 10.0. The molecule has 1 saturated heterocycles. The summed E-state index contributed by atoms with van der Waals surface area (Å²) < 4.78 is 0. The summed E-state index contributed by atoms with van der Waals surface area (Å²) in [6.07, 6.45) is 5.57. The van der Waals surface area contributed by atoms with Gasteiger partial charge in [-0.3, -0.25) is 0 Å². The summed E-state index contributed by atoms with van der Waals surface area (Å²) in [7, 11) is 0. The summed E-state index contributed by atoms with van der Waals surface area (Å²) >= 11 is 0. The Labute approximate surface area is 76.9 Å². The smallest absolute Gasteiger partial charge is 0.00931 e. The molecule has 0 bridgehead atoms. The molecule has 0 aromatic heterocycles. The molecule has 12 heavy (non-hydrogen) atoms. The maximum atomic E-state index is 3.58. The maximum absolute atomic E-state index is 3.58. The minimum Gasteiger partial charge on any atom is -0.314 e. The predicted molar refractivity (Wildman–Crippen MR) is 54.3 cm³/mol. The van der Waals surface area contributed by atoms with Gasteiger partial charge in [-0.1, -0.05) is 27.2 Å². The van der Waals surface area contributed by atoms with Gasteiger partial charge >= 0.3 is 0 Å². The van der Waals surface area contributed by atoms with E-state index in [1.165, 1.54) is 32.2 Å². The van der Waals surface area contributed by atoms with E-state index in [0.717, 1.165) is 17.9 Å². The molecule has 1 heterocycles. The van der Waals surface area contributed by atoms with Crippen LogP contribution < -0.4 is 5.32 Å². The maximum Gasteiger partial charge on any atom is 0.00931 e. The summed E-state index contributed by atoms with van der Waals surface area (Å²) in [5.74, 6) is 1.75. The fraction of sp³-hybridized carbons (Fsp3) is 1.00. The Bertz CT molecular complexity index is 114. The molecular formula is C11H23N. The second kappa shape index (κ2) is 4.86. The molecule has 0 amide bonds. The molecule has 0 radical (unpaired) electrons. The molecule has 0 aliphatic carbocycles. The van der Waals surface area contributed by atoms with Crippen LogP contribution in [0.2, 0.25) is 0 Å². The highest BCUT2D eigenvalue weighted by molar-refractivity contribution is 4.79. The zero-order valence-electron chi connectivity index (χ0n) is 8.77. The highest BCUT2D eigenvalue weighted by Gasteiger charge is 2.20. The fourth-order valence-electron chi connectivity index (χ4n) is 1.99. The van der Waals surface area contributed by atoms with Crippen molar-refractivity contribution in [2.24, 2.45) is 11.8 Å². The Hall–Kier alpha value is -0.0400. The average Bonchev–Trinajstić information content (AvgIpc) is 2.51. The van der Waals surface area contributed by atoms with E-state index in [0.29, 0.717) is 0 Å². The lowest BCUT2D eigenvalue weighted by molar-refractivity contribution is 0.363. The van der Waals surface area contributed by atoms with E-state index < -0.39 is 0 Å². The standard InChI is InChI=1S/C11H23N/c1-9(2)6-7-10(3)11-5-4-8-12-11/h9-12H,4-8H2,1-3H3. The molecular weight excluding hydrogens is 146 g/mol. The van der Waals surface area contributed by atoms with Crippen LogP contribution in [-0.4, -0.2) is 12.6 Å². The lowest BCUT2D eigenvalue weighted by Gasteiger charge is -2.19. The Morgan fingerprint density at radius 1 is 1.25 bits per heavy atom. The molecule has 1 rings (SSSR count). The van der Waals surface area contributed by atoms with Crippen LogP contribution in [0.3, 0.4) is 0 Å². The molecule has 0 spiro atoms. The lowest BCUT2D eigenvalue weighted by atomic mass is 9.92. The lowest BCUT2D eigenvalue weighted by Crippen LogP contribution is -2.28. The van der Waals surface area contributed by atoms with Crippen molar-refractivity contribution in [2.75, 3.05) is 6.54 Å². The van der Waals surface area contributed by atoms with Gasteiger partial charge in [0.1, 0.15) is 0 Å². The number of nitrogens with one attached hydrogen (secondary N) is 1. The Morgan fingerprint density at radius 3 is 2.50 bits per heavy atom. The Morgan fingerprint density at radius 2 is 2.00 bits per heavy atom. The second-order valence-corrected chi connectivity index (χ2v) is 4.65. The number of hydrogen-bond donors (Lipinski definition) is 1. The van der Waals surface area contributed by atoms with E-state index in [9.17, 15) is 0 Å². The van der Waals surface area contributed by atoms with Crippen molar-refractivity contribution in [3.63, 3.8) is 0 Å². The van der Waals surface area contributed by atoms with Crippen LogP contribution in [0.1, 0.15) is 46.5 Å². The molecule has 0 aromatic carbocycles. The molecule has 1 aliphatic rings. The first-order valence-electron chi connectivity index (χ1n) is 5.43. The third-order valence-corrected chi connectivity index (χ3v) is 2.98. The molecule has 2 atom stereocenters. The summed E-state index contributed by atoms with van der Waals surface area (Å²) in [6, 6.07) is 0.823. The molecule has 1 nitrogen and oxygen atoms in total. The molecule has 1 N–H and O–H groups in total. The molecule has 1 aliphatic heterocycles. The SMILES string of the molecule is CC(C)CCC(C)C1CCCN1. The summed E-state index contributed by atoms with van der Waals surface area (Å²) in [6.45, 7) is 8.27. The van der Waals surface area contributed by atoms with Crippen LogP contribution in [0.25, 0.3) is 0 Å². The van der Waals surface area contributed by atoms with Crippen LogP contribution in [-0.2, 0) is 0 Å². The largest absolute Gasteiger partial charge is 0.314 e. The van der Waals surface area contributed by atoms with Crippen molar-refractivity contribution in [1.82, 2.24) is 5.32 Å². The van der Waals surface area contributed by atoms with Crippen molar-refractivity contribution in [3.8, 4) is 0 Å². The van der Waals surface area contributed by atoms with Gasteiger partial charge in [-0.25, -0.2) is 0 Å². The third kappa shape index (κ3) is 3.14. The highest BCUT2D eigenvalue weighted by Crippen LogP contribution is 2.20. The van der Waals surface area contributed by atoms with E-state index in [-0.39, 0.29) is 0 Å². The topological polar surface area (TPSA) is 12.0 Å². The minimum atomic E-state index is 0.823. The predicted octanol–water partition coefficient (Wildman–Crippen LogP) is 2.81. The number of rotatable bonds is 4. The Balaban J connectivity index is 2.13. The van der Waals surface area contributed by atoms with Gasteiger partial charge in [-0.05, 0) is 37.6 Å². The van der Waals surface area contributed by atoms with Gasteiger partial charge in [0.05, 0.1) is 0 Å². The quantitative estimate of drug-likeness (QED) is 0.682. The van der Waals surface area contributed by atoms with Gasteiger partial charge in [0.25, 0.3) is 0 Å². The van der Waals surface area contributed by atoms with Crippen molar-refractivity contribution >= 4 is 0 Å². The van der Waals surface area contributed by atoms with Gasteiger partial charge in [0.2, 0.25) is 0 Å². The van der Waals surface area contributed by atoms with Crippen LogP contribution >= 0.6 is 0 Å². The van der Waals surface area contributed by atoms with Crippen molar-refractivity contribution < 1.29 is 0 Å². The molecule has 0 aromatic rings. The first-order valence-corrected chi connectivity index (χ1v) is 5.43. The summed E-state index contributed by atoms with van der Waals surface area (Å²) in [4.78, 5) is 0. The van der Waals surface area contributed by atoms with Crippen LogP contribution in [0.15, 0.2) is 0 Å². The normalized spacial score (nSPS) is 26.5. The molecule has 0 saturated carbocycles. The van der Waals surface area contributed by atoms with E-state index in [1.807, 2.05) is 0 Å². The van der Waals surface area contributed by atoms with Gasteiger partial charge < -0.3 is 5.32 Å². The zero-order chi connectivity index (χ0) is 8.97. The van der Waals surface area contributed by atoms with Crippen molar-refractivity contribution in [3.05, 3.63) is 0 Å². The second-order valence-electron chi connectivity index (χ2n) is 4.65. The van der Waals surface area contributed by atoms with Gasteiger partial charge in [0.15, 0.2) is 0 Å². The van der Waals surface area contributed by atoms with E-state index in [2.05, 4.69) is 26.1 Å². The van der Waals surface area contributed by atoms with Crippen LogP contribution in [0.4, 0.5) is 0 Å². The van der Waals surface area contributed by atoms with Gasteiger partial charge in [-0.2, -0.15) is 0 Å². The average molecular weight is 169 g/mol. The number of hydrogen-bond acceptors (Lipinski definition) is 1. The fourth-order valence-corrected chi connectivity index (χ4v) is 1.99. The first-order chi connectivity index (χ1) is 5.70. The summed E-state index contributed by atoms with van der Waals surface area (Å²) in [5, 5.41) is 3.58. The van der Waals surface area contributed by atoms with Crippen LogP contribution in [0, 0.1) is 11.8 Å².